The van der Waals surface area contributed by atoms with Crippen molar-refractivity contribution in [3.63, 3.8) is 0 Å². The third-order valence-electron chi connectivity index (χ3n) is 1.88. The van der Waals surface area contributed by atoms with Crippen LogP contribution in [0.2, 0.25) is 0 Å². The summed E-state index contributed by atoms with van der Waals surface area (Å²) >= 11 is 0. The zero-order valence-corrected chi connectivity index (χ0v) is 7.41. The Morgan fingerprint density at radius 2 is 1.69 bits per heavy atom. The van der Waals surface area contributed by atoms with Crippen LogP contribution in [0, 0.1) is 5.92 Å². The number of hydrogen-bond donors (Lipinski definition) is 0. The van der Waals surface area contributed by atoms with E-state index in [-0.39, 0.29) is 0 Å². The summed E-state index contributed by atoms with van der Waals surface area (Å²) in [6, 6.07) is 0. The zero-order chi connectivity index (χ0) is 10.4. The molecule has 0 spiro atoms. The molecule has 1 aliphatic heterocycles. The summed E-state index contributed by atoms with van der Waals surface area (Å²) in [6.45, 7) is 0.626. The van der Waals surface area contributed by atoms with Crippen LogP contribution in [0.25, 0.3) is 0 Å². The molecule has 1 fully saturated rings. The van der Waals surface area contributed by atoms with Gasteiger partial charge >= 0.3 is 15.1 Å². The molecule has 0 saturated carbocycles. The number of alkyl halides is 4. The van der Waals surface area contributed by atoms with Gasteiger partial charge in [-0.2, -0.15) is 8.78 Å². The molecule has 0 N–H and O–H groups in total. The Labute approximate surface area is 71.2 Å². The maximum Gasteiger partial charge on any atom is 0.621 e. The van der Waals surface area contributed by atoms with Gasteiger partial charge in [0.2, 0.25) is 5.79 Å². The lowest BCUT2D eigenvalue weighted by molar-refractivity contribution is -0.262. The van der Waals surface area contributed by atoms with Gasteiger partial charge in [0.15, 0.2) is 0 Å². The highest BCUT2D eigenvalue weighted by atomic mass is 28.4. The molecule has 13 heavy (non-hydrogen) atoms. The molecule has 3 atom stereocenters. The van der Waals surface area contributed by atoms with Crippen molar-refractivity contribution in [2.75, 3.05) is 0 Å². The number of hydrogen-bond acceptors (Lipinski definition) is 1. The largest absolute Gasteiger partial charge is 0.621 e. The van der Waals surface area contributed by atoms with E-state index in [0.717, 1.165) is 0 Å². The second-order valence-electron chi connectivity index (χ2n) is 2.86. The minimum absolute atomic E-state index is 0.626. The summed E-state index contributed by atoms with van der Waals surface area (Å²) in [5.41, 5.74) is 0. The molecular weight excluding hydrogens is 218 g/mol. The Bertz CT molecular complexity index is 189. The monoisotopic (exact) mass is 224 g/mol. The highest BCUT2D eigenvalue weighted by Gasteiger charge is 2.68. The molecule has 1 aliphatic rings. The lowest BCUT2D eigenvalue weighted by Gasteiger charge is -2.36. The van der Waals surface area contributed by atoms with Crippen molar-refractivity contribution in [2.45, 2.75) is 25.0 Å². The Kier molecular flexibility index (Phi) is 2.40. The highest BCUT2D eigenvalue weighted by molar-refractivity contribution is 6.61. The first-order valence-electron chi connectivity index (χ1n) is 3.42. The van der Waals surface area contributed by atoms with E-state index in [1.165, 1.54) is 0 Å². The van der Waals surface area contributed by atoms with Crippen LogP contribution in [-0.4, -0.2) is 27.1 Å². The van der Waals surface area contributed by atoms with E-state index in [0.29, 0.717) is 6.92 Å². The fourth-order valence-electron chi connectivity index (χ4n) is 0.955. The Morgan fingerprint density at radius 1 is 1.23 bits per heavy atom. The number of halogens is 6. The van der Waals surface area contributed by atoms with E-state index in [1.807, 2.05) is 0 Å². The lowest BCUT2D eigenvalue weighted by atomic mass is 10.1. The molecule has 0 aromatic rings. The molecule has 0 bridgehead atoms. The van der Waals surface area contributed by atoms with Crippen molar-refractivity contribution < 1.29 is 30.2 Å². The minimum atomic E-state index is -6.23. The maximum absolute atomic E-state index is 12.6. The van der Waals surface area contributed by atoms with Gasteiger partial charge in [-0.3, -0.25) is 0 Å². The van der Waals surface area contributed by atoms with Gasteiger partial charge in [-0.1, -0.05) is 6.92 Å². The van der Waals surface area contributed by atoms with E-state index in [1.54, 1.807) is 0 Å². The summed E-state index contributed by atoms with van der Waals surface area (Å²) in [5.74, 6) is -5.39. The van der Waals surface area contributed by atoms with Crippen molar-refractivity contribution >= 4 is 8.99 Å². The molecule has 0 aliphatic carbocycles. The van der Waals surface area contributed by atoms with Crippen molar-refractivity contribution in [1.29, 1.82) is 0 Å². The molecule has 1 saturated heterocycles. The molecule has 0 aromatic heterocycles. The van der Waals surface area contributed by atoms with Crippen LogP contribution in [0.5, 0.6) is 0 Å². The molecule has 8 heteroatoms. The first-order valence-corrected chi connectivity index (χ1v) is 5.16. The topological polar surface area (TPSA) is 9.23 Å². The SMILES string of the molecule is CC1C(F)C(F)[Si](F)(F)OC1(F)F. The summed E-state index contributed by atoms with van der Waals surface area (Å²) in [5, 5.41) is 0. The summed E-state index contributed by atoms with van der Waals surface area (Å²) in [6.07, 6.45) is -7.15. The van der Waals surface area contributed by atoms with Crippen molar-refractivity contribution in [3.8, 4) is 0 Å². The van der Waals surface area contributed by atoms with Gasteiger partial charge in [-0.25, -0.2) is 17.0 Å². The summed E-state index contributed by atoms with van der Waals surface area (Å²) in [4.78, 5) is 0. The lowest BCUT2D eigenvalue weighted by Crippen LogP contribution is -2.60. The van der Waals surface area contributed by atoms with Gasteiger partial charge < -0.3 is 4.43 Å². The van der Waals surface area contributed by atoms with Crippen molar-refractivity contribution in [1.82, 2.24) is 0 Å². The van der Waals surface area contributed by atoms with Gasteiger partial charge in [0, 0.05) is 0 Å². The van der Waals surface area contributed by atoms with E-state index < -0.39 is 33.0 Å². The Balaban J connectivity index is 2.93. The van der Waals surface area contributed by atoms with E-state index in [9.17, 15) is 25.8 Å². The summed E-state index contributed by atoms with van der Waals surface area (Å²) in [7, 11) is -6.23. The molecule has 3 unspecified atom stereocenters. The average molecular weight is 224 g/mol. The number of rotatable bonds is 0. The normalized spacial score (nSPS) is 43.2. The van der Waals surface area contributed by atoms with Gasteiger partial charge in [0.1, 0.15) is 6.17 Å². The first kappa shape index (κ1) is 10.8. The molecule has 0 amide bonds. The van der Waals surface area contributed by atoms with Gasteiger partial charge in [-0.15, -0.1) is 0 Å². The van der Waals surface area contributed by atoms with Gasteiger partial charge in [0.05, 0.1) is 5.92 Å². The van der Waals surface area contributed by atoms with E-state index in [4.69, 9.17) is 0 Å². The van der Waals surface area contributed by atoms with Crippen LogP contribution >= 0.6 is 0 Å². The predicted octanol–water partition coefficient (Wildman–Crippen LogP) is 2.34. The van der Waals surface area contributed by atoms with Gasteiger partial charge in [0.25, 0.3) is 0 Å². The van der Waals surface area contributed by atoms with Crippen LogP contribution < -0.4 is 0 Å². The summed E-state index contributed by atoms with van der Waals surface area (Å²) < 4.78 is 77.6. The molecule has 1 nitrogen and oxygen atoms in total. The zero-order valence-electron chi connectivity index (χ0n) is 6.41. The predicted molar refractivity (Wildman–Crippen MR) is 33.0 cm³/mol. The van der Waals surface area contributed by atoms with Crippen LogP contribution in [-0.2, 0) is 4.43 Å². The highest BCUT2D eigenvalue weighted by Crippen LogP contribution is 2.43. The van der Waals surface area contributed by atoms with E-state index >= 15 is 0 Å². The van der Waals surface area contributed by atoms with Crippen molar-refractivity contribution in [2.24, 2.45) is 5.92 Å². The molecular formula is C5H6F6OSi. The second-order valence-corrected chi connectivity index (χ2v) is 4.74. The van der Waals surface area contributed by atoms with Crippen molar-refractivity contribution in [3.05, 3.63) is 0 Å². The third kappa shape index (κ3) is 1.69. The van der Waals surface area contributed by atoms with Gasteiger partial charge in [-0.05, 0) is 0 Å². The second kappa shape index (κ2) is 2.87. The van der Waals surface area contributed by atoms with Crippen LogP contribution in [0.1, 0.15) is 6.92 Å². The van der Waals surface area contributed by atoms with Crippen LogP contribution in [0.15, 0.2) is 0 Å². The Hall–Kier alpha value is -0.243. The van der Waals surface area contributed by atoms with Crippen LogP contribution in [0.3, 0.4) is 0 Å². The quantitative estimate of drug-likeness (QED) is 0.348. The fraction of sp³-hybridized carbons (Fsp3) is 1.00. The fourth-order valence-corrected chi connectivity index (χ4v) is 2.28. The third-order valence-corrected chi connectivity index (χ3v) is 3.39. The Morgan fingerprint density at radius 3 is 2.15 bits per heavy atom. The minimum Gasteiger partial charge on any atom is -0.305 e. The van der Waals surface area contributed by atoms with E-state index in [2.05, 4.69) is 4.43 Å². The first-order chi connectivity index (χ1) is 5.68. The molecule has 0 radical (unpaired) electrons. The molecule has 1 heterocycles. The molecule has 1 rings (SSSR count). The standard InChI is InChI=1S/C5H6F6OSi/c1-2-3(6)4(7)13(10,11)12-5(2,8)9/h2-4H,1H3. The molecule has 0 aromatic carbocycles. The average Bonchev–Trinajstić information content (AvgIpc) is 1.96. The van der Waals surface area contributed by atoms with Crippen LogP contribution in [0.4, 0.5) is 25.8 Å². The smallest absolute Gasteiger partial charge is 0.305 e. The molecule has 78 valence electrons. The maximum atomic E-state index is 12.6.